The quantitative estimate of drug-likeness (QED) is 0.898. The van der Waals surface area contributed by atoms with Crippen molar-refractivity contribution >= 4 is 15.9 Å². The smallest absolute Gasteiger partial charge is 0.167 e. The van der Waals surface area contributed by atoms with Crippen LogP contribution in [0.15, 0.2) is 16.6 Å². The summed E-state index contributed by atoms with van der Waals surface area (Å²) in [6.45, 7) is 2.57. The van der Waals surface area contributed by atoms with Crippen LogP contribution >= 0.6 is 15.9 Å². The number of hydrogen-bond acceptors (Lipinski definition) is 3. The molecule has 0 amide bonds. The Kier molecular flexibility index (Phi) is 4.91. The second-order valence-corrected chi connectivity index (χ2v) is 3.92. The monoisotopic (exact) mass is 274 g/mol. The molecule has 0 heterocycles. The number of rotatable bonds is 5. The zero-order valence-corrected chi connectivity index (χ0v) is 10.5. The number of benzene rings is 1. The molecule has 0 aliphatic heterocycles. The first-order chi connectivity index (χ1) is 7.24. The molecular weight excluding hydrogens is 260 g/mol. The van der Waals surface area contributed by atoms with Crippen molar-refractivity contribution in [2.75, 3.05) is 13.7 Å². The Balaban J connectivity index is 3.09. The van der Waals surface area contributed by atoms with E-state index in [1.165, 1.54) is 0 Å². The van der Waals surface area contributed by atoms with Gasteiger partial charge in [-0.3, -0.25) is 0 Å². The molecule has 0 aromatic heterocycles. The van der Waals surface area contributed by atoms with Crippen molar-refractivity contribution in [3.63, 3.8) is 0 Å². The van der Waals surface area contributed by atoms with Crippen LogP contribution in [0.25, 0.3) is 0 Å². The predicted molar refractivity (Wildman–Crippen MR) is 62.4 cm³/mol. The number of aliphatic hydroxyl groups is 1. The molecule has 3 nitrogen and oxygen atoms in total. The Bertz CT molecular complexity index is 326. The molecule has 1 N–H and O–H groups in total. The maximum absolute atomic E-state index is 9.25. The molecule has 0 spiro atoms. The van der Waals surface area contributed by atoms with E-state index >= 15 is 0 Å². The minimum absolute atomic E-state index is 0.0726. The summed E-state index contributed by atoms with van der Waals surface area (Å²) in [7, 11) is 1.59. The lowest BCUT2D eigenvalue weighted by Gasteiger charge is -2.14. The van der Waals surface area contributed by atoms with Gasteiger partial charge in [0.25, 0.3) is 0 Å². The molecule has 1 aromatic rings. The first kappa shape index (κ1) is 12.3. The van der Waals surface area contributed by atoms with Crippen LogP contribution in [-0.4, -0.2) is 18.8 Å². The van der Waals surface area contributed by atoms with Gasteiger partial charge < -0.3 is 14.6 Å². The molecule has 0 fully saturated rings. The Morgan fingerprint density at radius 1 is 1.40 bits per heavy atom. The highest BCUT2D eigenvalue weighted by atomic mass is 79.9. The summed E-state index contributed by atoms with van der Waals surface area (Å²) >= 11 is 3.37. The molecule has 0 saturated heterocycles. The van der Waals surface area contributed by atoms with Crippen molar-refractivity contribution in [3.8, 4) is 11.5 Å². The van der Waals surface area contributed by atoms with Gasteiger partial charge in [0, 0.05) is 10.0 Å². The topological polar surface area (TPSA) is 38.7 Å². The molecule has 0 aliphatic carbocycles. The van der Waals surface area contributed by atoms with Gasteiger partial charge in [0.2, 0.25) is 0 Å². The lowest BCUT2D eigenvalue weighted by Crippen LogP contribution is -2.02. The standard InChI is InChI=1S/C11H15BrO3/c1-3-6-15-11-8(7-13)9(12)4-5-10(11)14-2/h4-5,13H,3,6-7H2,1-2H3. The second kappa shape index (κ2) is 5.98. The molecule has 84 valence electrons. The Labute approximate surface area is 98.1 Å². The average molecular weight is 275 g/mol. The highest BCUT2D eigenvalue weighted by Crippen LogP contribution is 2.36. The summed E-state index contributed by atoms with van der Waals surface area (Å²) in [5, 5.41) is 9.25. The SMILES string of the molecule is CCCOc1c(OC)ccc(Br)c1CO. The van der Waals surface area contributed by atoms with Crippen molar-refractivity contribution in [2.24, 2.45) is 0 Å². The lowest BCUT2D eigenvalue weighted by molar-refractivity contribution is 0.254. The fourth-order valence-corrected chi connectivity index (χ4v) is 1.69. The van der Waals surface area contributed by atoms with Crippen LogP contribution < -0.4 is 9.47 Å². The van der Waals surface area contributed by atoms with Gasteiger partial charge in [0.05, 0.1) is 20.3 Å². The third-order valence-electron chi connectivity index (χ3n) is 2.00. The van der Waals surface area contributed by atoms with Crippen molar-refractivity contribution in [1.82, 2.24) is 0 Å². The zero-order valence-electron chi connectivity index (χ0n) is 8.92. The third-order valence-corrected chi connectivity index (χ3v) is 2.74. The minimum atomic E-state index is -0.0726. The van der Waals surface area contributed by atoms with E-state index in [-0.39, 0.29) is 6.61 Å². The average Bonchev–Trinajstić information content (AvgIpc) is 2.26. The van der Waals surface area contributed by atoms with Gasteiger partial charge in [-0.15, -0.1) is 0 Å². The van der Waals surface area contributed by atoms with Crippen LogP contribution in [0.1, 0.15) is 18.9 Å². The fraction of sp³-hybridized carbons (Fsp3) is 0.455. The van der Waals surface area contributed by atoms with Crippen molar-refractivity contribution in [1.29, 1.82) is 0 Å². The summed E-state index contributed by atoms with van der Waals surface area (Å²) < 4.78 is 11.6. The zero-order chi connectivity index (χ0) is 11.3. The molecule has 4 heteroatoms. The van der Waals surface area contributed by atoms with E-state index in [1.807, 2.05) is 19.1 Å². The summed E-state index contributed by atoms with van der Waals surface area (Å²) in [5.74, 6) is 1.27. The molecule has 0 saturated carbocycles. The van der Waals surface area contributed by atoms with Gasteiger partial charge in [-0.1, -0.05) is 22.9 Å². The molecule has 1 rings (SSSR count). The van der Waals surface area contributed by atoms with E-state index in [0.29, 0.717) is 18.1 Å². The predicted octanol–water partition coefficient (Wildman–Crippen LogP) is 2.74. The molecule has 0 unspecified atom stereocenters. The van der Waals surface area contributed by atoms with Crippen LogP contribution in [0, 0.1) is 0 Å². The number of hydrogen-bond donors (Lipinski definition) is 1. The summed E-state index contributed by atoms with van der Waals surface area (Å²) in [6.07, 6.45) is 0.917. The van der Waals surface area contributed by atoms with E-state index in [2.05, 4.69) is 15.9 Å². The Hall–Kier alpha value is -0.740. The fourth-order valence-electron chi connectivity index (χ4n) is 1.25. The summed E-state index contributed by atoms with van der Waals surface area (Å²) in [6, 6.07) is 3.65. The first-order valence-corrected chi connectivity index (χ1v) is 5.62. The maximum atomic E-state index is 9.25. The number of methoxy groups -OCH3 is 1. The van der Waals surface area contributed by atoms with E-state index in [9.17, 15) is 5.11 Å². The van der Waals surface area contributed by atoms with Crippen LogP contribution in [0.5, 0.6) is 11.5 Å². The summed E-state index contributed by atoms with van der Waals surface area (Å²) in [4.78, 5) is 0. The molecule has 1 aromatic carbocycles. The highest BCUT2D eigenvalue weighted by Gasteiger charge is 2.13. The Morgan fingerprint density at radius 2 is 2.13 bits per heavy atom. The van der Waals surface area contributed by atoms with Crippen LogP contribution in [-0.2, 0) is 6.61 Å². The van der Waals surface area contributed by atoms with E-state index < -0.39 is 0 Å². The lowest BCUT2D eigenvalue weighted by atomic mass is 10.2. The van der Waals surface area contributed by atoms with Crippen LogP contribution in [0.3, 0.4) is 0 Å². The van der Waals surface area contributed by atoms with Crippen LogP contribution in [0.4, 0.5) is 0 Å². The minimum Gasteiger partial charge on any atom is -0.493 e. The number of ether oxygens (including phenoxy) is 2. The molecule has 0 radical (unpaired) electrons. The van der Waals surface area contributed by atoms with Gasteiger partial charge in [-0.05, 0) is 18.6 Å². The summed E-state index contributed by atoms with van der Waals surface area (Å²) in [5.41, 5.74) is 0.725. The van der Waals surface area contributed by atoms with E-state index in [0.717, 1.165) is 16.5 Å². The van der Waals surface area contributed by atoms with Gasteiger partial charge in [-0.2, -0.15) is 0 Å². The number of halogens is 1. The third kappa shape index (κ3) is 2.86. The van der Waals surface area contributed by atoms with E-state index in [4.69, 9.17) is 9.47 Å². The van der Waals surface area contributed by atoms with Gasteiger partial charge in [0.15, 0.2) is 11.5 Å². The van der Waals surface area contributed by atoms with Crippen molar-refractivity contribution < 1.29 is 14.6 Å². The van der Waals surface area contributed by atoms with E-state index in [1.54, 1.807) is 7.11 Å². The normalized spacial score (nSPS) is 10.1. The molecule has 0 atom stereocenters. The second-order valence-electron chi connectivity index (χ2n) is 3.06. The Morgan fingerprint density at radius 3 is 2.67 bits per heavy atom. The number of aliphatic hydroxyl groups excluding tert-OH is 1. The maximum Gasteiger partial charge on any atom is 0.167 e. The van der Waals surface area contributed by atoms with Gasteiger partial charge in [0.1, 0.15) is 0 Å². The molecule has 15 heavy (non-hydrogen) atoms. The van der Waals surface area contributed by atoms with Gasteiger partial charge >= 0.3 is 0 Å². The molecule has 0 aliphatic rings. The largest absolute Gasteiger partial charge is 0.493 e. The van der Waals surface area contributed by atoms with Gasteiger partial charge in [-0.25, -0.2) is 0 Å². The first-order valence-electron chi connectivity index (χ1n) is 4.83. The van der Waals surface area contributed by atoms with Crippen molar-refractivity contribution in [2.45, 2.75) is 20.0 Å². The van der Waals surface area contributed by atoms with Crippen molar-refractivity contribution in [3.05, 3.63) is 22.2 Å². The molecular formula is C11H15BrO3. The highest BCUT2D eigenvalue weighted by molar-refractivity contribution is 9.10. The van der Waals surface area contributed by atoms with Crippen LogP contribution in [0.2, 0.25) is 0 Å². The molecule has 0 bridgehead atoms.